The van der Waals surface area contributed by atoms with Gasteiger partial charge in [-0.1, -0.05) is 35.9 Å². The Morgan fingerprint density at radius 3 is 2.75 bits per heavy atom. The van der Waals surface area contributed by atoms with Crippen LogP contribution in [0.2, 0.25) is 0 Å². The van der Waals surface area contributed by atoms with Crippen LogP contribution in [0.1, 0.15) is 22.3 Å². The summed E-state index contributed by atoms with van der Waals surface area (Å²) in [6.45, 7) is 2.89. The fraction of sp³-hybridized carbons (Fsp3) is 0.381. The number of fused-ring (bicyclic) bond motifs is 1. The summed E-state index contributed by atoms with van der Waals surface area (Å²) in [6, 6.07) is 13.5. The Kier molecular flexibility index (Phi) is 6.36. The Bertz CT molecular complexity index is 957. The van der Waals surface area contributed by atoms with Crippen molar-refractivity contribution in [1.29, 1.82) is 0 Å². The molecule has 3 rings (SSSR count). The second-order valence-corrected chi connectivity index (χ2v) is 9.14. The average molecular weight is 403 g/mol. The minimum absolute atomic E-state index is 0.0992. The van der Waals surface area contributed by atoms with E-state index >= 15 is 0 Å². The Morgan fingerprint density at radius 2 is 2.00 bits per heavy atom. The number of carbonyl (C=O) groups is 1. The third-order valence-electron chi connectivity index (χ3n) is 4.91. The molecule has 1 heterocycles. The molecule has 1 N–H and O–H groups in total. The Balaban J connectivity index is 1.52. The highest BCUT2D eigenvalue weighted by Crippen LogP contribution is 2.25. The van der Waals surface area contributed by atoms with Gasteiger partial charge in [0.2, 0.25) is 15.9 Å². The third-order valence-corrected chi connectivity index (χ3v) is 6.73. The van der Waals surface area contributed by atoms with E-state index in [1.165, 1.54) is 4.31 Å². The zero-order valence-electron chi connectivity index (χ0n) is 16.3. The van der Waals surface area contributed by atoms with Crippen LogP contribution in [0.5, 0.6) is 5.75 Å². The van der Waals surface area contributed by atoms with E-state index < -0.39 is 10.0 Å². The van der Waals surface area contributed by atoms with Crippen molar-refractivity contribution in [3.05, 3.63) is 64.7 Å². The van der Waals surface area contributed by atoms with Crippen molar-refractivity contribution < 1.29 is 17.9 Å². The number of hydrogen-bond donors (Lipinski definition) is 1. The highest BCUT2D eigenvalue weighted by molar-refractivity contribution is 7.89. The number of nitrogens with zero attached hydrogens (tertiary/aromatic N) is 1. The number of ether oxygens (including phenoxy) is 1. The molecule has 0 radical (unpaired) electrons. The fourth-order valence-corrected chi connectivity index (χ4v) is 4.71. The molecular formula is C21H26N2O4S. The maximum Gasteiger partial charge on any atom is 0.224 e. The minimum atomic E-state index is -3.43. The predicted molar refractivity (Wildman–Crippen MR) is 109 cm³/mol. The summed E-state index contributed by atoms with van der Waals surface area (Å²) in [6.07, 6.45) is 0.909. The number of methoxy groups -OCH3 is 1. The Labute approximate surface area is 166 Å². The summed E-state index contributed by atoms with van der Waals surface area (Å²) < 4.78 is 32.0. The molecule has 0 saturated carbocycles. The molecule has 28 heavy (non-hydrogen) atoms. The van der Waals surface area contributed by atoms with Crippen LogP contribution in [-0.2, 0) is 34.2 Å². The molecular weight excluding hydrogens is 376 g/mol. The van der Waals surface area contributed by atoms with Gasteiger partial charge in [-0.25, -0.2) is 8.42 Å². The van der Waals surface area contributed by atoms with Crippen LogP contribution in [0, 0.1) is 6.92 Å². The number of nitrogens with one attached hydrogen (secondary N) is 1. The quantitative estimate of drug-likeness (QED) is 0.769. The van der Waals surface area contributed by atoms with E-state index in [1.54, 1.807) is 7.11 Å². The monoisotopic (exact) mass is 402 g/mol. The van der Waals surface area contributed by atoms with Crippen molar-refractivity contribution in [2.45, 2.75) is 26.3 Å². The molecule has 0 atom stereocenters. The standard InChI is InChI=1S/C21H26N2O4S/c1-16-4-3-5-17(12-16)13-21(24)22-9-11-28(25,26)23-10-8-18-14-20(27-2)7-6-19(18)15-23/h3-7,12,14H,8-11,13,15H2,1-2H3,(H,22,24). The molecule has 0 unspecified atom stereocenters. The lowest BCUT2D eigenvalue weighted by atomic mass is 10.0. The van der Waals surface area contributed by atoms with E-state index in [0.717, 1.165) is 28.0 Å². The third kappa shape index (κ3) is 5.11. The van der Waals surface area contributed by atoms with Gasteiger partial charge in [-0.15, -0.1) is 0 Å². The Morgan fingerprint density at radius 1 is 1.18 bits per heavy atom. The van der Waals surface area contributed by atoms with Gasteiger partial charge in [-0.3, -0.25) is 4.79 Å². The van der Waals surface area contributed by atoms with Crippen LogP contribution in [0.3, 0.4) is 0 Å². The number of amides is 1. The molecule has 2 aromatic carbocycles. The molecule has 7 heteroatoms. The first-order chi connectivity index (χ1) is 13.4. The largest absolute Gasteiger partial charge is 0.497 e. The summed E-state index contributed by atoms with van der Waals surface area (Å²) in [5.41, 5.74) is 4.13. The minimum Gasteiger partial charge on any atom is -0.497 e. The van der Waals surface area contributed by atoms with Crippen molar-refractivity contribution in [1.82, 2.24) is 9.62 Å². The fourth-order valence-electron chi connectivity index (χ4n) is 3.39. The summed E-state index contributed by atoms with van der Waals surface area (Å²) in [4.78, 5) is 12.1. The van der Waals surface area contributed by atoms with Gasteiger partial charge >= 0.3 is 0 Å². The summed E-state index contributed by atoms with van der Waals surface area (Å²) in [5, 5.41) is 2.72. The van der Waals surface area contributed by atoms with Crippen LogP contribution in [0.25, 0.3) is 0 Å². The number of sulfonamides is 1. The highest BCUT2D eigenvalue weighted by atomic mass is 32.2. The van der Waals surface area contributed by atoms with Crippen LogP contribution >= 0.6 is 0 Å². The first-order valence-corrected chi connectivity index (χ1v) is 10.9. The summed E-state index contributed by atoms with van der Waals surface area (Å²) in [7, 11) is -1.81. The van der Waals surface area contributed by atoms with Gasteiger partial charge in [0.05, 0.1) is 19.3 Å². The zero-order valence-corrected chi connectivity index (χ0v) is 17.1. The van der Waals surface area contributed by atoms with Gasteiger partial charge in [-0.2, -0.15) is 4.31 Å². The molecule has 1 amide bonds. The molecule has 0 bridgehead atoms. The number of hydrogen-bond acceptors (Lipinski definition) is 4. The van der Waals surface area contributed by atoms with Crippen LogP contribution in [0.15, 0.2) is 42.5 Å². The molecule has 0 aromatic heterocycles. The number of rotatable bonds is 7. The van der Waals surface area contributed by atoms with Crippen LogP contribution < -0.4 is 10.1 Å². The van der Waals surface area contributed by atoms with E-state index in [0.29, 0.717) is 19.5 Å². The average Bonchev–Trinajstić information content (AvgIpc) is 2.67. The predicted octanol–water partition coefficient (Wildman–Crippen LogP) is 2.05. The van der Waals surface area contributed by atoms with E-state index in [1.807, 2.05) is 49.4 Å². The second kappa shape index (κ2) is 8.75. The smallest absolute Gasteiger partial charge is 0.224 e. The maximum atomic E-state index is 12.7. The number of aryl methyl sites for hydroxylation is 1. The van der Waals surface area contributed by atoms with Crippen molar-refractivity contribution in [3.8, 4) is 5.75 Å². The molecule has 150 valence electrons. The second-order valence-electron chi connectivity index (χ2n) is 7.05. The molecule has 0 spiro atoms. The van der Waals surface area contributed by atoms with Crippen molar-refractivity contribution >= 4 is 15.9 Å². The van der Waals surface area contributed by atoms with Crippen LogP contribution in [-0.4, -0.2) is 44.6 Å². The number of carbonyl (C=O) groups excluding carboxylic acids is 1. The molecule has 1 aliphatic rings. The first kappa shape index (κ1) is 20.4. The Hall–Kier alpha value is -2.38. The molecule has 0 saturated heterocycles. The lowest BCUT2D eigenvalue weighted by Crippen LogP contribution is -2.40. The molecule has 0 fully saturated rings. The van der Waals surface area contributed by atoms with Gasteiger partial charge in [0.1, 0.15) is 5.75 Å². The van der Waals surface area contributed by atoms with Gasteiger partial charge < -0.3 is 10.1 Å². The van der Waals surface area contributed by atoms with Crippen molar-refractivity contribution in [2.75, 3.05) is 26.0 Å². The highest BCUT2D eigenvalue weighted by Gasteiger charge is 2.26. The molecule has 1 aliphatic heterocycles. The molecule has 6 nitrogen and oxygen atoms in total. The summed E-state index contributed by atoms with van der Waals surface area (Å²) in [5.74, 6) is 0.515. The molecule has 2 aromatic rings. The lowest BCUT2D eigenvalue weighted by molar-refractivity contribution is -0.120. The summed E-state index contributed by atoms with van der Waals surface area (Å²) >= 11 is 0. The van der Waals surface area contributed by atoms with E-state index in [4.69, 9.17) is 4.74 Å². The van der Waals surface area contributed by atoms with E-state index in [2.05, 4.69) is 5.32 Å². The SMILES string of the molecule is COc1ccc2c(c1)CCN(S(=O)(=O)CCNC(=O)Cc1cccc(C)c1)C2. The van der Waals surface area contributed by atoms with Crippen molar-refractivity contribution in [3.63, 3.8) is 0 Å². The zero-order chi connectivity index (χ0) is 20.1. The number of benzene rings is 2. The van der Waals surface area contributed by atoms with Gasteiger partial charge in [0.25, 0.3) is 0 Å². The normalized spacial score (nSPS) is 14.4. The van der Waals surface area contributed by atoms with E-state index in [-0.39, 0.29) is 24.6 Å². The van der Waals surface area contributed by atoms with Gasteiger partial charge in [0, 0.05) is 19.6 Å². The van der Waals surface area contributed by atoms with Crippen LogP contribution in [0.4, 0.5) is 0 Å². The topological polar surface area (TPSA) is 75.7 Å². The maximum absolute atomic E-state index is 12.7. The molecule has 0 aliphatic carbocycles. The first-order valence-electron chi connectivity index (χ1n) is 9.33. The lowest BCUT2D eigenvalue weighted by Gasteiger charge is -2.28. The van der Waals surface area contributed by atoms with Gasteiger partial charge in [0.15, 0.2) is 0 Å². The van der Waals surface area contributed by atoms with E-state index in [9.17, 15) is 13.2 Å². The van der Waals surface area contributed by atoms with Gasteiger partial charge in [-0.05, 0) is 42.2 Å². The van der Waals surface area contributed by atoms with Crippen molar-refractivity contribution in [2.24, 2.45) is 0 Å².